The molecular formula is C23H28N4O4S. The molecule has 32 heavy (non-hydrogen) atoms. The van der Waals surface area contributed by atoms with E-state index in [1.807, 2.05) is 55.1 Å². The molecule has 170 valence electrons. The number of nitrogens with one attached hydrogen (secondary N) is 2. The van der Waals surface area contributed by atoms with Gasteiger partial charge in [-0.05, 0) is 31.5 Å². The normalized spacial score (nSPS) is 18.1. The summed E-state index contributed by atoms with van der Waals surface area (Å²) in [5.74, 6) is 4.09. The maximum Gasteiger partial charge on any atom is 0.314 e. The van der Waals surface area contributed by atoms with E-state index in [-0.39, 0.29) is 18.2 Å². The van der Waals surface area contributed by atoms with Gasteiger partial charge in [-0.1, -0.05) is 18.2 Å². The second-order valence-corrected chi connectivity index (χ2v) is 8.37. The number of aliphatic imine (C=N–C) groups is 1. The van der Waals surface area contributed by atoms with Crippen LogP contribution >= 0.6 is 11.8 Å². The Bertz CT molecular complexity index is 984. The monoisotopic (exact) mass is 456 g/mol. The Balaban J connectivity index is 1.54. The lowest BCUT2D eigenvalue weighted by Crippen LogP contribution is -2.37. The maximum absolute atomic E-state index is 11.7. The quantitative estimate of drug-likeness (QED) is 0.586. The first-order valence-electron chi connectivity index (χ1n) is 10.7. The SMILES string of the molecule is CCNC(=O)NCCCN1/C(=N\c2ccc3c(c2)OCO3)CSC1c1ccccc1OC. The van der Waals surface area contributed by atoms with Gasteiger partial charge in [-0.25, -0.2) is 9.79 Å². The molecule has 2 amide bonds. The second kappa shape index (κ2) is 10.5. The molecule has 0 saturated carbocycles. The summed E-state index contributed by atoms with van der Waals surface area (Å²) in [5.41, 5.74) is 1.95. The highest BCUT2D eigenvalue weighted by atomic mass is 32.2. The molecular weight excluding hydrogens is 428 g/mol. The zero-order valence-corrected chi connectivity index (χ0v) is 19.1. The lowest BCUT2D eigenvalue weighted by Gasteiger charge is -2.27. The van der Waals surface area contributed by atoms with E-state index in [1.54, 1.807) is 7.11 Å². The number of carbonyl (C=O) groups excluding carboxylic acids is 1. The summed E-state index contributed by atoms with van der Waals surface area (Å²) < 4.78 is 16.5. The Kier molecular flexibility index (Phi) is 7.26. The fraction of sp³-hybridized carbons (Fsp3) is 0.391. The van der Waals surface area contributed by atoms with Crippen LogP contribution in [0, 0.1) is 0 Å². The van der Waals surface area contributed by atoms with Crippen LogP contribution in [0.1, 0.15) is 24.3 Å². The van der Waals surface area contributed by atoms with Crippen molar-refractivity contribution < 1.29 is 19.0 Å². The van der Waals surface area contributed by atoms with Gasteiger partial charge in [0.05, 0.1) is 18.6 Å². The van der Waals surface area contributed by atoms with E-state index < -0.39 is 0 Å². The van der Waals surface area contributed by atoms with Crippen LogP contribution in [0.3, 0.4) is 0 Å². The van der Waals surface area contributed by atoms with Crippen molar-refractivity contribution in [3.05, 3.63) is 48.0 Å². The standard InChI is InChI=1S/C23H28N4O4S/c1-3-24-23(28)25-11-6-12-27-21(26-16-9-10-19-20(13-16)31-15-30-19)14-32-22(27)17-7-4-5-8-18(17)29-2/h4-5,7-10,13,22H,3,6,11-12,14-15H2,1-2H3,(H2,24,25,28)/b26-21-. The lowest BCUT2D eigenvalue weighted by molar-refractivity contribution is 0.174. The largest absolute Gasteiger partial charge is 0.496 e. The number of rotatable bonds is 8. The van der Waals surface area contributed by atoms with Gasteiger partial charge in [-0.2, -0.15) is 0 Å². The second-order valence-electron chi connectivity index (χ2n) is 7.30. The molecule has 2 aliphatic heterocycles. The Morgan fingerprint density at radius 2 is 2.06 bits per heavy atom. The molecule has 8 nitrogen and oxygen atoms in total. The highest BCUT2D eigenvalue weighted by Gasteiger charge is 2.33. The van der Waals surface area contributed by atoms with Crippen LogP contribution in [0.2, 0.25) is 0 Å². The predicted octanol–water partition coefficient (Wildman–Crippen LogP) is 3.91. The van der Waals surface area contributed by atoms with Crippen molar-refractivity contribution >= 4 is 29.3 Å². The smallest absolute Gasteiger partial charge is 0.314 e. The van der Waals surface area contributed by atoms with Crippen LogP contribution in [0.15, 0.2) is 47.5 Å². The number of amides is 2. The van der Waals surface area contributed by atoms with Crippen LogP contribution in [0.25, 0.3) is 0 Å². The van der Waals surface area contributed by atoms with Crippen molar-refractivity contribution in [2.45, 2.75) is 18.7 Å². The molecule has 0 bridgehead atoms. The molecule has 0 aliphatic carbocycles. The third-order valence-corrected chi connectivity index (χ3v) is 6.45. The molecule has 2 aromatic rings. The minimum Gasteiger partial charge on any atom is -0.496 e. The van der Waals surface area contributed by atoms with E-state index in [4.69, 9.17) is 19.2 Å². The molecule has 0 spiro atoms. The van der Waals surface area contributed by atoms with Crippen LogP contribution in [-0.4, -0.2) is 56.1 Å². The average molecular weight is 457 g/mol. The first-order valence-corrected chi connectivity index (χ1v) is 11.7. The number of para-hydroxylation sites is 1. The number of benzene rings is 2. The highest BCUT2D eigenvalue weighted by molar-refractivity contribution is 8.00. The number of carbonyl (C=O) groups is 1. The lowest BCUT2D eigenvalue weighted by atomic mass is 10.1. The topological polar surface area (TPSA) is 84.4 Å². The number of methoxy groups -OCH3 is 1. The van der Waals surface area contributed by atoms with Gasteiger partial charge in [0.25, 0.3) is 0 Å². The highest BCUT2D eigenvalue weighted by Crippen LogP contribution is 2.44. The third kappa shape index (κ3) is 5.04. The van der Waals surface area contributed by atoms with Crippen LogP contribution in [0.4, 0.5) is 10.5 Å². The number of amidine groups is 1. The van der Waals surface area contributed by atoms with Crippen molar-refractivity contribution in [1.29, 1.82) is 0 Å². The summed E-state index contributed by atoms with van der Waals surface area (Å²) in [6.07, 6.45) is 0.795. The summed E-state index contributed by atoms with van der Waals surface area (Å²) in [6, 6.07) is 13.7. The fourth-order valence-electron chi connectivity index (χ4n) is 3.71. The van der Waals surface area contributed by atoms with Crippen molar-refractivity contribution in [2.75, 3.05) is 39.3 Å². The number of nitrogens with zero attached hydrogens (tertiary/aromatic N) is 2. The zero-order valence-electron chi connectivity index (χ0n) is 18.3. The molecule has 2 aromatic carbocycles. The summed E-state index contributed by atoms with van der Waals surface area (Å²) in [5, 5.41) is 5.74. The first kappa shape index (κ1) is 22.1. The molecule has 9 heteroatoms. The average Bonchev–Trinajstić information content (AvgIpc) is 3.43. The number of hydrogen-bond donors (Lipinski definition) is 2. The number of hydrogen-bond acceptors (Lipinski definition) is 6. The van der Waals surface area contributed by atoms with Gasteiger partial charge < -0.3 is 29.7 Å². The van der Waals surface area contributed by atoms with Crippen molar-refractivity contribution in [1.82, 2.24) is 15.5 Å². The van der Waals surface area contributed by atoms with E-state index in [1.165, 1.54) is 0 Å². The van der Waals surface area contributed by atoms with Gasteiger partial charge in [0.2, 0.25) is 6.79 Å². The molecule has 0 aromatic heterocycles. The van der Waals surface area contributed by atoms with Gasteiger partial charge in [0.15, 0.2) is 11.5 Å². The van der Waals surface area contributed by atoms with Gasteiger partial charge in [0.1, 0.15) is 17.0 Å². The molecule has 2 heterocycles. The van der Waals surface area contributed by atoms with Gasteiger partial charge in [-0.3, -0.25) is 0 Å². The van der Waals surface area contributed by atoms with E-state index in [2.05, 4.69) is 21.6 Å². The number of urea groups is 1. The molecule has 2 N–H and O–H groups in total. The number of fused-ring (bicyclic) bond motifs is 1. The maximum atomic E-state index is 11.7. The summed E-state index contributed by atoms with van der Waals surface area (Å²) in [4.78, 5) is 18.9. The molecule has 1 atom stereocenters. The Morgan fingerprint density at radius 1 is 1.22 bits per heavy atom. The molecule has 4 rings (SSSR count). The van der Waals surface area contributed by atoms with E-state index >= 15 is 0 Å². The fourth-order valence-corrected chi connectivity index (χ4v) is 5.03. The molecule has 1 unspecified atom stereocenters. The Labute approximate surface area is 192 Å². The van der Waals surface area contributed by atoms with Gasteiger partial charge >= 0.3 is 6.03 Å². The van der Waals surface area contributed by atoms with Crippen molar-refractivity contribution in [2.24, 2.45) is 4.99 Å². The molecule has 1 saturated heterocycles. The summed E-state index contributed by atoms with van der Waals surface area (Å²) in [7, 11) is 1.70. The van der Waals surface area contributed by atoms with E-state index in [0.29, 0.717) is 13.1 Å². The molecule has 2 aliphatic rings. The number of ether oxygens (including phenoxy) is 3. The third-order valence-electron chi connectivity index (χ3n) is 5.20. The Hall–Kier alpha value is -3.07. The minimum absolute atomic E-state index is 0.0865. The van der Waals surface area contributed by atoms with E-state index in [0.717, 1.165) is 53.1 Å². The minimum atomic E-state index is -0.140. The summed E-state index contributed by atoms with van der Waals surface area (Å²) in [6.45, 7) is 4.09. The zero-order chi connectivity index (χ0) is 22.3. The summed E-state index contributed by atoms with van der Waals surface area (Å²) >= 11 is 1.82. The molecule has 1 fully saturated rings. The first-order chi connectivity index (χ1) is 15.7. The number of thioether (sulfide) groups is 1. The van der Waals surface area contributed by atoms with Crippen LogP contribution in [-0.2, 0) is 0 Å². The predicted molar refractivity (Wildman–Crippen MR) is 126 cm³/mol. The molecule has 0 radical (unpaired) electrons. The van der Waals surface area contributed by atoms with Gasteiger partial charge in [-0.15, -0.1) is 11.8 Å². The van der Waals surface area contributed by atoms with Crippen molar-refractivity contribution in [3.63, 3.8) is 0 Å². The van der Waals surface area contributed by atoms with Crippen molar-refractivity contribution in [3.8, 4) is 17.2 Å². The van der Waals surface area contributed by atoms with E-state index in [9.17, 15) is 4.79 Å². The Morgan fingerprint density at radius 3 is 2.91 bits per heavy atom. The van der Waals surface area contributed by atoms with Gasteiger partial charge in [0, 0.05) is 31.3 Å². The van der Waals surface area contributed by atoms with Crippen LogP contribution < -0.4 is 24.8 Å². The van der Waals surface area contributed by atoms with Crippen LogP contribution in [0.5, 0.6) is 17.2 Å².